The van der Waals surface area contributed by atoms with Crippen LogP contribution >= 0.6 is 0 Å². The molecule has 2 rings (SSSR count). The van der Waals surface area contributed by atoms with Gasteiger partial charge in [-0.15, -0.1) is 0 Å². The number of likely N-dealkylation sites (tertiary alicyclic amines) is 1. The predicted molar refractivity (Wildman–Crippen MR) is 67.6 cm³/mol. The molecular formula is C14H20N2O. The molecule has 0 aliphatic carbocycles. The fraction of sp³-hybridized carbons (Fsp3) is 0.571. The van der Waals surface area contributed by atoms with E-state index in [1.807, 2.05) is 37.9 Å². The Balaban J connectivity index is 2.04. The van der Waals surface area contributed by atoms with Gasteiger partial charge in [0, 0.05) is 36.8 Å². The minimum absolute atomic E-state index is 0.254. The lowest BCUT2D eigenvalue weighted by Crippen LogP contribution is -2.37. The van der Waals surface area contributed by atoms with Crippen molar-refractivity contribution in [1.82, 2.24) is 9.88 Å². The van der Waals surface area contributed by atoms with E-state index in [-0.39, 0.29) is 11.3 Å². The molecule has 0 radical (unpaired) electrons. The maximum absolute atomic E-state index is 12.2. The molecule has 1 aromatic rings. The third kappa shape index (κ3) is 2.65. The fourth-order valence-electron chi connectivity index (χ4n) is 2.31. The molecule has 1 aromatic heterocycles. The molecule has 0 spiro atoms. The van der Waals surface area contributed by atoms with E-state index in [0.29, 0.717) is 5.92 Å². The molecule has 1 fully saturated rings. The molecular weight excluding hydrogens is 212 g/mol. The second-order valence-corrected chi connectivity index (χ2v) is 5.77. The molecule has 17 heavy (non-hydrogen) atoms. The largest absolute Gasteiger partial charge is 0.342 e. The molecule has 1 aliphatic heterocycles. The van der Waals surface area contributed by atoms with E-state index >= 15 is 0 Å². The van der Waals surface area contributed by atoms with Crippen LogP contribution in [0, 0.1) is 5.41 Å². The van der Waals surface area contributed by atoms with Gasteiger partial charge in [-0.25, -0.2) is 0 Å². The van der Waals surface area contributed by atoms with Crippen LogP contribution in [0.4, 0.5) is 0 Å². The van der Waals surface area contributed by atoms with Gasteiger partial charge in [0.1, 0.15) is 0 Å². The van der Waals surface area contributed by atoms with Gasteiger partial charge < -0.3 is 4.90 Å². The van der Waals surface area contributed by atoms with Crippen LogP contribution in [0.15, 0.2) is 24.5 Å². The number of aromatic nitrogens is 1. The average molecular weight is 232 g/mol. The van der Waals surface area contributed by atoms with E-state index in [9.17, 15) is 4.79 Å². The van der Waals surface area contributed by atoms with Crippen LogP contribution in [-0.4, -0.2) is 28.9 Å². The van der Waals surface area contributed by atoms with Crippen molar-refractivity contribution in [3.63, 3.8) is 0 Å². The number of amides is 1. The Labute approximate surface area is 103 Å². The first-order chi connectivity index (χ1) is 7.98. The SMILES string of the molecule is CC(C)(C)C(=O)N1CCC(c2cccnc2)C1. The minimum atomic E-state index is -0.274. The van der Waals surface area contributed by atoms with Crippen molar-refractivity contribution in [2.45, 2.75) is 33.1 Å². The van der Waals surface area contributed by atoms with Gasteiger partial charge >= 0.3 is 0 Å². The van der Waals surface area contributed by atoms with Crippen LogP contribution in [-0.2, 0) is 4.79 Å². The van der Waals surface area contributed by atoms with Crippen molar-refractivity contribution < 1.29 is 4.79 Å². The second kappa shape index (κ2) is 4.47. The molecule has 1 aliphatic rings. The molecule has 3 nitrogen and oxygen atoms in total. The molecule has 1 atom stereocenters. The first kappa shape index (κ1) is 12.1. The van der Waals surface area contributed by atoms with Crippen LogP contribution in [0.25, 0.3) is 0 Å². The zero-order valence-corrected chi connectivity index (χ0v) is 10.8. The van der Waals surface area contributed by atoms with E-state index in [1.165, 1.54) is 5.56 Å². The summed E-state index contributed by atoms with van der Waals surface area (Å²) in [6, 6.07) is 4.06. The molecule has 1 unspecified atom stereocenters. The highest BCUT2D eigenvalue weighted by molar-refractivity contribution is 5.81. The first-order valence-electron chi connectivity index (χ1n) is 6.18. The molecule has 2 heterocycles. The third-order valence-corrected chi connectivity index (χ3v) is 3.27. The maximum Gasteiger partial charge on any atom is 0.227 e. The number of hydrogen-bond donors (Lipinski definition) is 0. The number of carbonyl (C=O) groups excluding carboxylic acids is 1. The zero-order chi connectivity index (χ0) is 12.5. The van der Waals surface area contributed by atoms with Crippen molar-refractivity contribution in [2.24, 2.45) is 5.41 Å². The highest BCUT2D eigenvalue weighted by Gasteiger charge is 2.33. The fourth-order valence-corrected chi connectivity index (χ4v) is 2.31. The molecule has 0 aromatic carbocycles. The van der Waals surface area contributed by atoms with Crippen molar-refractivity contribution >= 4 is 5.91 Å². The van der Waals surface area contributed by atoms with Gasteiger partial charge in [0.2, 0.25) is 5.91 Å². The number of hydrogen-bond acceptors (Lipinski definition) is 2. The van der Waals surface area contributed by atoms with E-state index in [4.69, 9.17) is 0 Å². The summed E-state index contributed by atoms with van der Waals surface area (Å²) in [5, 5.41) is 0. The highest BCUT2D eigenvalue weighted by atomic mass is 16.2. The Kier molecular flexibility index (Phi) is 3.18. The minimum Gasteiger partial charge on any atom is -0.342 e. The lowest BCUT2D eigenvalue weighted by molar-refractivity contribution is -0.138. The van der Waals surface area contributed by atoms with Crippen molar-refractivity contribution in [3.8, 4) is 0 Å². The summed E-state index contributed by atoms with van der Waals surface area (Å²) in [4.78, 5) is 18.3. The summed E-state index contributed by atoms with van der Waals surface area (Å²) in [6.07, 6.45) is 4.75. The molecule has 0 saturated carbocycles. The summed E-state index contributed by atoms with van der Waals surface area (Å²) in [5.41, 5.74) is 0.973. The van der Waals surface area contributed by atoms with Gasteiger partial charge in [-0.3, -0.25) is 9.78 Å². The molecule has 3 heteroatoms. The Hall–Kier alpha value is -1.38. The van der Waals surface area contributed by atoms with Gasteiger partial charge in [0.25, 0.3) is 0 Å². The maximum atomic E-state index is 12.2. The van der Waals surface area contributed by atoms with E-state index in [2.05, 4.69) is 11.1 Å². The molecule has 0 bridgehead atoms. The van der Waals surface area contributed by atoms with Crippen LogP contribution < -0.4 is 0 Å². The predicted octanol–water partition coefficient (Wildman–Crippen LogP) is 2.44. The number of pyridine rings is 1. The van der Waals surface area contributed by atoms with E-state index in [1.54, 1.807) is 6.20 Å². The van der Waals surface area contributed by atoms with Crippen LogP contribution in [0.2, 0.25) is 0 Å². The van der Waals surface area contributed by atoms with Gasteiger partial charge in [0.05, 0.1) is 0 Å². The van der Waals surface area contributed by atoms with Crippen LogP contribution in [0.5, 0.6) is 0 Å². The summed E-state index contributed by atoms with van der Waals surface area (Å²) in [6.45, 7) is 7.64. The van der Waals surface area contributed by atoms with Gasteiger partial charge in [-0.1, -0.05) is 26.8 Å². The standard InChI is InChI=1S/C14H20N2O/c1-14(2,3)13(17)16-8-6-12(10-16)11-5-4-7-15-9-11/h4-5,7,9,12H,6,8,10H2,1-3H3. The van der Waals surface area contributed by atoms with Crippen LogP contribution in [0.3, 0.4) is 0 Å². The van der Waals surface area contributed by atoms with E-state index < -0.39 is 0 Å². The van der Waals surface area contributed by atoms with Crippen molar-refractivity contribution in [2.75, 3.05) is 13.1 Å². The molecule has 0 N–H and O–H groups in total. The Bertz CT molecular complexity index is 394. The number of rotatable bonds is 1. The Morgan fingerprint density at radius 1 is 1.47 bits per heavy atom. The molecule has 1 saturated heterocycles. The topological polar surface area (TPSA) is 33.2 Å². The highest BCUT2D eigenvalue weighted by Crippen LogP contribution is 2.29. The summed E-state index contributed by atoms with van der Waals surface area (Å²) in [5.74, 6) is 0.707. The summed E-state index contributed by atoms with van der Waals surface area (Å²) < 4.78 is 0. The lowest BCUT2D eigenvalue weighted by Gasteiger charge is -2.25. The summed E-state index contributed by atoms with van der Waals surface area (Å²) >= 11 is 0. The van der Waals surface area contributed by atoms with Gasteiger partial charge in [0.15, 0.2) is 0 Å². The zero-order valence-electron chi connectivity index (χ0n) is 10.8. The molecule has 1 amide bonds. The second-order valence-electron chi connectivity index (χ2n) is 5.77. The quantitative estimate of drug-likeness (QED) is 0.745. The van der Waals surface area contributed by atoms with Crippen LogP contribution in [0.1, 0.15) is 38.7 Å². The Morgan fingerprint density at radius 3 is 2.82 bits per heavy atom. The van der Waals surface area contributed by atoms with Crippen molar-refractivity contribution in [1.29, 1.82) is 0 Å². The summed E-state index contributed by atoms with van der Waals surface area (Å²) in [7, 11) is 0. The molecule has 92 valence electrons. The smallest absolute Gasteiger partial charge is 0.227 e. The van der Waals surface area contributed by atoms with Crippen molar-refractivity contribution in [3.05, 3.63) is 30.1 Å². The third-order valence-electron chi connectivity index (χ3n) is 3.27. The monoisotopic (exact) mass is 232 g/mol. The van der Waals surface area contributed by atoms with Gasteiger partial charge in [-0.2, -0.15) is 0 Å². The normalized spacial score (nSPS) is 20.6. The first-order valence-corrected chi connectivity index (χ1v) is 6.18. The lowest BCUT2D eigenvalue weighted by atomic mass is 9.95. The average Bonchev–Trinajstić information content (AvgIpc) is 2.77. The number of carbonyl (C=O) groups is 1. The Morgan fingerprint density at radius 2 is 2.24 bits per heavy atom. The van der Waals surface area contributed by atoms with E-state index in [0.717, 1.165) is 19.5 Å². The van der Waals surface area contributed by atoms with Gasteiger partial charge in [-0.05, 0) is 18.1 Å². The number of nitrogens with zero attached hydrogens (tertiary/aromatic N) is 2.